The van der Waals surface area contributed by atoms with Gasteiger partial charge in [0, 0.05) is 19.0 Å². The van der Waals surface area contributed by atoms with Crippen LogP contribution in [0.2, 0.25) is 10.0 Å². The Balaban J connectivity index is 1.59. The molecule has 1 N–H and O–H groups in total. The van der Waals surface area contributed by atoms with Gasteiger partial charge in [0.1, 0.15) is 5.60 Å². The van der Waals surface area contributed by atoms with Crippen molar-refractivity contribution in [1.29, 1.82) is 0 Å². The molecule has 2 aliphatic rings. The molecule has 4 nitrogen and oxygen atoms in total. The van der Waals surface area contributed by atoms with Crippen molar-refractivity contribution in [3.8, 4) is 0 Å². The number of ether oxygens (including phenoxy) is 2. The first-order valence-corrected chi connectivity index (χ1v) is 10.3. The molecule has 0 spiro atoms. The topological polar surface area (TPSA) is 47.6 Å². The van der Waals surface area contributed by atoms with Crippen molar-refractivity contribution in [1.82, 2.24) is 5.32 Å². The van der Waals surface area contributed by atoms with Crippen LogP contribution in [-0.2, 0) is 26.3 Å². The molecule has 1 aromatic carbocycles. The van der Waals surface area contributed by atoms with Crippen LogP contribution >= 0.6 is 23.2 Å². The fraction of sp³-hybridized carbons (Fsp3) is 0.650. The number of hydrogen-bond donors (Lipinski definition) is 1. The van der Waals surface area contributed by atoms with E-state index in [0.29, 0.717) is 29.1 Å². The van der Waals surface area contributed by atoms with Gasteiger partial charge in [0.05, 0.1) is 23.3 Å². The van der Waals surface area contributed by atoms with Crippen molar-refractivity contribution in [3.05, 3.63) is 33.3 Å². The van der Waals surface area contributed by atoms with E-state index in [-0.39, 0.29) is 11.6 Å². The highest BCUT2D eigenvalue weighted by molar-refractivity contribution is 6.42. The highest BCUT2D eigenvalue weighted by Crippen LogP contribution is 2.44. The summed E-state index contributed by atoms with van der Waals surface area (Å²) in [6.45, 7) is 4.16. The second-order valence-electron chi connectivity index (χ2n) is 7.29. The summed E-state index contributed by atoms with van der Waals surface area (Å²) >= 11 is 12.6. The molecule has 2 saturated heterocycles. The van der Waals surface area contributed by atoms with E-state index >= 15 is 0 Å². The normalized spacial score (nSPS) is 24.2. The van der Waals surface area contributed by atoms with E-state index < -0.39 is 0 Å². The Morgan fingerprint density at radius 2 is 2.12 bits per heavy atom. The number of fused-ring (bicyclic) bond motifs is 2. The molecule has 0 aliphatic carbocycles. The van der Waals surface area contributed by atoms with Crippen LogP contribution in [0.4, 0.5) is 0 Å². The number of hydrogen-bond acceptors (Lipinski definition) is 4. The van der Waals surface area contributed by atoms with E-state index in [2.05, 4.69) is 12.2 Å². The van der Waals surface area contributed by atoms with Gasteiger partial charge in [-0.1, -0.05) is 36.5 Å². The van der Waals surface area contributed by atoms with Gasteiger partial charge in [-0.3, -0.25) is 4.79 Å². The van der Waals surface area contributed by atoms with Crippen molar-refractivity contribution in [2.75, 3.05) is 19.8 Å². The number of nitrogens with one attached hydrogen (secondary N) is 1. The summed E-state index contributed by atoms with van der Waals surface area (Å²) in [6.07, 6.45) is 5.96. The van der Waals surface area contributed by atoms with Gasteiger partial charge >= 0.3 is 5.97 Å². The van der Waals surface area contributed by atoms with Gasteiger partial charge in [0.15, 0.2) is 0 Å². The molecule has 26 heavy (non-hydrogen) atoms. The first kappa shape index (κ1) is 19.9. The van der Waals surface area contributed by atoms with Crippen LogP contribution in [-0.4, -0.2) is 31.8 Å². The minimum absolute atomic E-state index is 0.103. The second kappa shape index (κ2) is 8.92. The molecule has 0 amide bonds. The average Bonchev–Trinajstić information content (AvgIpc) is 3.23. The quantitative estimate of drug-likeness (QED) is 0.485. The third-order valence-corrected chi connectivity index (χ3v) is 6.01. The number of halogens is 2. The van der Waals surface area contributed by atoms with Crippen LogP contribution in [0.3, 0.4) is 0 Å². The highest BCUT2D eigenvalue weighted by Gasteiger charge is 2.48. The molecule has 0 radical (unpaired) electrons. The Kier molecular flexibility index (Phi) is 6.84. The van der Waals surface area contributed by atoms with Crippen LogP contribution in [0.15, 0.2) is 12.1 Å². The average molecular weight is 400 g/mol. The zero-order valence-corrected chi connectivity index (χ0v) is 16.8. The molecular weight excluding hydrogens is 373 g/mol. The summed E-state index contributed by atoms with van der Waals surface area (Å²) in [6, 6.07) is 4.35. The molecule has 0 aromatic heterocycles. The Hall–Kier alpha value is -0.810. The van der Waals surface area contributed by atoms with E-state index in [0.717, 1.165) is 57.2 Å². The fourth-order valence-electron chi connectivity index (χ4n) is 3.83. The van der Waals surface area contributed by atoms with E-state index in [9.17, 15) is 4.79 Å². The third-order valence-electron chi connectivity index (χ3n) is 5.29. The van der Waals surface area contributed by atoms with E-state index in [1.807, 2.05) is 12.1 Å². The van der Waals surface area contributed by atoms with Gasteiger partial charge in [-0.2, -0.15) is 0 Å². The van der Waals surface area contributed by atoms with Crippen LogP contribution in [0.25, 0.3) is 0 Å². The van der Waals surface area contributed by atoms with Crippen LogP contribution in [0.1, 0.15) is 56.6 Å². The lowest BCUT2D eigenvalue weighted by atomic mass is 9.87. The summed E-state index contributed by atoms with van der Waals surface area (Å²) in [4.78, 5) is 11.7. The van der Waals surface area contributed by atoms with Crippen molar-refractivity contribution in [2.45, 2.75) is 63.5 Å². The number of carbonyl (C=O) groups excluding carboxylic acids is 1. The van der Waals surface area contributed by atoms with Crippen molar-refractivity contribution in [2.24, 2.45) is 0 Å². The van der Waals surface area contributed by atoms with Crippen LogP contribution in [0.5, 0.6) is 0 Å². The van der Waals surface area contributed by atoms with Crippen LogP contribution < -0.4 is 5.32 Å². The highest BCUT2D eigenvalue weighted by atomic mass is 35.5. The summed E-state index contributed by atoms with van der Waals surface area (Å²) in [5.41, 5.74) is 2.03. The number of morpholine rings is 1. The maximum absolute atomic E-state index is 11.7. The molecule has 6 heteroatoms. The van der Waals surface area contributed by atoms with Crippen molar-refractivity contribution in [3.63, 3.8) is 0 Å². The van der Waals surface area contributed by atoms with E-state index in [4.69, 9.17) is 32.7 Å². The van der Waals surface area contributed by atoms with Crippen molar-refractivity contribution >= 4 is 29.2 Å². The summed E-state index contributed by atoms with van der Waals surface area (Å²) in [5, 5.41) is 4.64. The summed E-state index contributed by atoms with van der Waals surface area (Å²) in [7, 11) is 0. The van der Waals surface area contributed by atoms with Gasteiger partial charge in [0.2, 0.25) is 0 Å². The number of rotatable bonds is 9. The first-order valence-electron chi connectivity index (χ1n) is 9.55. The molecule has 0 saturated carbocycles. The summed E-state index contributed by atoms with van der Waals surface area (Å²) in [5.74, 6) is -0.103. The Bertz CT molecular complexity index is 642. The number of carbonyl (C=O) groups is 1. The molecule has 144 valence electrons. The van der Waals surface area contributed by atoms with Gasteiger partial charge < -0.3 is 14.8 Å². The first-order chi connectivity index (χ1) is 12.5. The zero-order chi connectivity index (χ0) is 18.6. The molecular formula is C20H27Cl2NO3. The predicted molar refractivity (Wildman–Crippen MR) is 104 cm³/mol. The molecule has 2 aliphatic heterocycles. The lowest BCUT2D eigenvalue weighted by molar-refractivity contribution is -0.143. The Morgan fingerprint density at radius 3 is 2.77 bits per heavy atom. The van der Waals surface area contributed by atoms with Gasteiger partial charge in [-0.05, 0) is 55.4 Å². The lowest BCUT2D eigenvalue weighted by Gasteiger charge is -2.30. The minimum Gasteiger partial charge on any atom is -0.466 e. The molecule has 2 heterocycles. The minimum atomic E-state index is -0.284. The lowest BCUT2D eigenvalue weighted by Crippen LogP contribution is -2.38. The van der Waals surface area contributed by atoms with E-state index in [1.165, 1.54) is 5.56 Å². The third kappa shape index (κ3) is 4.53. The smallest absolute Gasteiger partial charge is 0.305 e. The van der Waals surface area contributed by atoms with Gasteiger partial charge in [0.25, 0.3) is 0 Å². The monoisotopic (exact) mass is 399 g/mol. The maximum atomic E-state index is 11.7. The SMILES string of the molecule is CCCCOC(=O)CCCCc1cc(Cl)c(Cl)cc1C12CNC(CO1)C2. The maximum Gasteiger partial charge on any atom is 0.305 e. The number of aryl methyl sites for hydroxylation is 1. The number of esters is 1. The van der Waals surface area contributed by atoms with Crippen molar-refractivity contribution < 1.29 is 14.3 Å². The van der Waals surface area contributed by atoms with E-state index in [1.54, 1.807) is 0 Å². The molecule has 2 bridgehead atoms. The molecule has 2 atom stereocenters. The van der Waals surface area contributed by atoms with Crippen LogP contribution in [0, 0.1) is 0 Å². The molecule has 1 aromatic rings. The largest absolute Gasteiger partial charge is 0.466 e. The summed E-state index contributed by atoms with van der Waals surface area (Å²) < 4.78 is 11.3. The molecule has 3 rings (SSSR count). The number of unbranched alkanes of at least 4 members (excludes halogenated alkanes) is 2. The van der Waals surface area contributed by atoms with Gasteiger partial charge in [-0.25, -0.2) is 0 Å². The molecule has 2 fully saturated rings. The standard InChI is InChI=1S/C20H27Cl2NO3/c1-2-3-8-25-19(24)7-5-4-6-14-9-17(21)18(22)10-16(14)20-11-15(12-26-20)23-13-20/h9-10,15,23H,2-8,11-13H2,1H3. The fourth-order valence-corrected chi connectivity index (χ4v) is 4.18. The Labute approximate surface area is 165 Å². The number of benzene rings is 1. The molecule has 2 unspecified atom stereocenters. The zero-order valence-electron chi connectivity index (χ0n) is 15.3. The Morgan fingerprint density at radius 1 is 1.31 bits per heavy atom. The second-order valence-corrected chi connectivity index (χ2v) is 8.11. The predicted octanol–water partition coefficient (Wildman–Crippen LogP) is 4.64. The van der Waals surface area contributed by atoms with Gasteiger partial charge in [-0.15, -0.1) is 0 Å².